The van der Waals surface area contributed by atoms with Gasteiger partial charge in [0.05, 0.1) is 13.7 Å². The molecule has 1 aromatic heterocycles. The molecule has 2 heterocycles. The molecule has 1 aliphatic heterocycles. The smallest absolute Gasteiger partial charge is 0.317 e. The Bertz CT molecular complexity index is 1010. The van der Waals surface area contributed by atoms with E-state index in [-0.39, 0.29) is 30.6 Å². The summed E-state index contributed by atoms with van der Waals surface area (Å²) in [4.78, 5) is 40.0. The second-order valence-corrected chi connectivity index (χ2v) is 8.37. The van der Waals surface area contributed by atoms with Gasteiger partial charge in [0.25, 0.3) is 0 Å². The van der Waals surface area contributed by atoms with Gasteiger partial charge in [-0.05, 0) is 42.5 Å². The van der Waals surface area contributed by atoms with Gasteiger partial charge in [0, 0.05) is 34.4 Å². The first kappa shape index (κ1) is 20.3. The van der Waals surface area contributed by atoms with E-state index in [1.807, 2.05) is 41.8 Å². The molecule has 0 radical (unpaired) electrons. The van der Waals surface area contributed by atoms with E-state index in [0.717, 1.165) is 10.4 Å². The zero-order valence-electron chi connectivity index (χ0n) is 16.8. The molecular formula is C23H23NO5S. The van der Waals surface area contributed by atoms with Crippen LogP contribution in [-0.4, -0.2) is 31.4 Å². The number of Topliss-reactive ketones (excluding diaryl/α,β-unsaturated/α-hetero) is 1. The monoisotopic (exact) mass is 425 g/mol. The molecule has 1 amide bonds. The summed E-state index contributed by atoms with van der Waals surface area (Å²) in [6, 6.07) is 11.2. The van der Waals surface area contributed by atoms with Crippen LogP contribution in [-0.2, 0) is 19.1 Å². The first-order valence-electron chi connectivity index (χ1n) is 9.94. The summed E-state index contributed by atoms with van der Waals surface area (Å²) in [6.45, 7) is 1.94. The van der Waals surface area contributed by atoms with Crippen LogP contribution in [0.3, 0.4) is 0 Å². The maximum atomic E-state index is 13.7. The fourth-order valence-electron chi connectivity index (χ4n) is 4.37. The van der Waals surface area contributed by atoms with E-state index in [4.69, 9.17) is 9.47 Å². The first-order valence-corrected chi connectivity index (χ1v) is 10.8. The van der Waals surface area contributed by atoms with Crippen LogP contribution in [0.1, 0.15) is 42.0 Å². The van der Waals surface area contributed by atoms with E-state index in [9.17, 15) is 14.4 Å². The van der Waals surface area contributed by atoms with E-state index in [1.54, 1.807) is 14.0 Å². The number of benzene rings is 1. The van der Waals surface area contributed by atoms with Gasteiger partial charge in [-0.15, -0.1) is 11.3 Å². The van der Waals surface area contributed by atoms with E-state index in [1.165, 1.54) is 11.3 Å². The van der Waals surface area contributed by atoms with Crippen LogP contribution >= 0.6 is 11.3 Å². The summed E-state index contributed by atoms with van der Waals surface area (Å²) in [6.07, 6.45) is 0.564. The summed E-state index contributed by atoms with van der Waals surface area (Å²) >= 11 is 1.50. The van der Waals surface area contributed by atoms with Gasteiger partial charge >= 0.3 is 5.97 Å². The quantitative estimate of drug-likeness (QED) is 0.585. The maximum absolute atomic E-state index is 13.7. The maximum Gasteiger partial charge on any atom is 0.317 e. The molecule has 0 saturated carbocycles. The van der Waals surface area contributed by atoms with Crippen molar-refractivity contribution in [3.63, 3.8) is 0 Å². The molecule has 0 spiro atoms. The Balaban J connectivity index is 1.81. The number of esters is 1. The molecule has 0 fully saturated rings. The van der Waals surface area contributed by atoms with Gasteiger partial charge in [0.2, 0.25) is 5.91 Å². The minimum atomic E-state index is -0.912. The number of ketones is 1. The van der Waals surface area contributed by atoms with Crippen molar-refractivity contribution in [1.29, 1.82) is 0 Å². The molecule has 30 heavy (non-hydrogen) atoms. The molecule has 4 rings (SSSR count). The molecule has 1 aliphatic carbocycles. The number of nitrogens with one attached hydrogen (secondary N) is 1. The van der Waals surface area contributed by atoms with Gasteiger partial charge in [-0.25, -0.2) is 0 Å². The molecule has 0 saturated heterocycles. The van der Waals surface area contributed by atoms with E-state index >= 15 is 0 Å². The molecule has 156 valence electrons. The largest absolute Gasteiger partial charge is 0.497 e. The summed E-state index contributed by atoms with van der Waals surface area (Å²) in [5.41, 5.74) is 1.94. The molecule has 1 aromatic carbocycles. The minimum Gasteiger partial charge on any atom is -0.497 e. The predicted molar refractivity (Wildman–Crippen MR) is 112 cm³/mol. The normalized spacial score (nSPS) is 23.6. The lowest BCUT2D eigenvalue weighted by Gasteiger charge is -2.37. The van der Waals surface area contributed by atoms with Gasteiger partial charge < -0.3 is 14.8 Å². The van der Waals surface area contributed by atoms with Crippen LogP contribution < -0.4 is 10.1 Å². The lowest BCUT2D eigenvalue weighted by atomic mass is 9.69. The van der Waals surface area contributed by atoms with Crippen molar-refractivity contribution in [1.82, 2.24) is 5.32 Å². The Morgan fingerprint density at radius 3 is 2.73 bits per heavy atom. The van der Waals surface area contributed by atoms with Crippen molar-refractivity contribution < 1.29 is 23.9 Å². The van der Waals surface area contributed by atoms with E-state index < -0.39 is 17.8 Å². The third-order valence-electron chi connectivity index (χ3n) is 5.67. The van der Waals surface area contributed by atoms with Gasteiger partial charge in [-0.2, -0.15) is 0 Å². The number of rotatable bonds is 5. The van der Waals surface area contributed by atoms with E-state index in [0.29, 0.717) is 23.4 Å². The fourth-order valence-corrected chi connectivity index (χ4v) is 5.23. The molecule has 2 aromatic rings. The lowest BCUT2D eigenvalue weighted by Crippen LogP contribution is -2.44. The molecular weight excluding hydrogens is 402 g/mol. The number of amides is 1. The third kappa shape index (κ3) is 3.65. The summed E-state index contributed by atoms with van der Waals surface area (Å²) < 4.78 is 10.6. The third-order valence-corrected chi connectivity index (χ3v) is 6.68. The number of methoxy groups -OCH3 is 1. The number of carbonyl (C=O) groups is 3. The lowest BCUT2D eigenvalue weighted by molar-refractivity contribution is -0.152. The minimum absolute atomic E-state index is 0.131. The van der Waals surface area contributed by atoms with E-state index in [2.05, 4.69) is 5.32 Å². The number of thiophene rings is 1. The number of allylic oxidation sites excluding steroid dienone is 2. The molecule has 2 aliphatic rings. The highest BCUT2D eigenvalue weighted by atomic mass is 32.1. The molecule has 7 heteroatoms. The van der Waals surface area contributed by atoms with Crippen LogP contribution in [0.2, 0.25) is 0 Å². The molecule has 3 atom stereocenters. The summed E-state index contributed by atoms with van der Waals surface area (Å²) in [7, 11) is 1.57. The molecule has 6 nitrogen and oxygen atoms in total. The second kappa shape index (κ2) is 8.44. The van der Waals surface area contributed by atoms with Crippen LogP contribution in [0.15, 0.2) is 53.0 Å². The van der Waals surface area contributed by atoms with Gasteiger partial charge in [0.1, 0.15) is 11.7 Å². The Kier molecular flexibility index (Phi) is 5.72. The highest BCUT2D eigenvalue weighted by molar-refractivity contribution is 7.10. The fraction of sp³-hybridized carbons (Fsp3) is 0.348. The Labute approximate surface area is 178 Å². The van der Waals surface area contributed by atoms with Crippen LogP contribution in [0.5, 0.6) is 5.75 Å². The molecule has 1 N–H and O–H groups in total. The molecule has 0 bridgehead atoms. The van der Waals surface area contributed by atoms with Crippen molar-refractivity contribution in [2.75, 3.05) is 13.7 Å². The molecule has 0 unspecified atom stereocenters. The number of hydrogen-bond acceptors (Lipinski definition) is 6. The average Bonchev–Trinajstić information content (AvgIpc) is 3.27. The SMILES string of the molecule is CCOC(=O)[C@H]1C(=O)C2=C(C[C@@H]1c1cccs1)NC(=O)C[C@@H]2c1cccc(OC)c1. The van der Waals surface area contributed by atoms with Crippen LogP contribution in [0, 0.1) is 5.92 Å². The van der Waals surface area contributed by atoms with Crippen molar-refractivity contribution in [2.24, 2.45) is 5.92 Å². The van der Waals surface area contributed by atoms with Crippen molar-refractivity contribution in [3.8, 4) is 5.75 Å². The Morgan fingerprint density at radius 1 is 1.20 bits per heavy atom. The van der Waals surface area contributed by atoms with Crippen LogP contribution in [0.25, 0.3) is 0 Å². The summed E-state index contributed by atoms with van der Waals surface area (Å²) in [5, 5.41) is 4.82. The standard InChI is InChI=1S/C23H23NO5S/c1-3-29-23(27)21-16(18-8-5-9-30-18)11-17-20(22(21)26)15(12-19(25)24-17)13-6-4-7-14(10-13)28-2/h4-10,15-16,21H,3,11-12H2,1-2H3,(H,24,25)/t15-,16-,21-/m1/s1. The zero-order valence-corrected chi connectivity index (χ0v) is 17.7. The second-order valence-electron chi connectivity index (χ2n) is 7.39. The zero-order chi connectivity index (χ0) is 21.3. The Morgan fingerprint density at radius 2 is 2.03 bits per heavy atom. The van der Waals surface area contributed by atoms with Crippen LogP contribution in [0.4, 0.5) is 0 Å². The van der Waals surface area contributed by atoms with Gasteiger partial charge in [-0.1, -0.05) is 18.2 Å². The highest BCUT2D eigenvalue weighted by Gasteiger charge is 2.48. The van der Waals surface area contributed by atoms with Gasteiger partial charge in [-0.3, -0.25) is 14.4 Å². The van der Waals surface area contributed by atoms with Crippen molar-refractivity contribution in [3.05, 3.63) is 63.5 Å². The number of ether oxygens (including phenoxy) is 2. The number of carbonyl (C=O) groups excluding carboxylic acids is 3. The number of hydrogen-bond donors (Lipinski definition) is 1. The average molecular weight is 426 g/mol. The highest BCUT2D eigenvalue weighted by Crippen LogP contribution is 2.46. The van der Waals surface area contributed by atoms with Crippen molar-refractivity contribution in [2.45, 2.75) is 31.6 Å². The topological polar surface area (TPSA) is 81.7 Å². The predicted octanol–water partition coefficient (Wildman–Crippen LogP) is 3.55. The first-order chi connectivity index (χ1) is 14.5. The van der Waals surface area contributed by atoms with Gasteiger partial charge in [0.15, 0.2) is 5.78 Å². The Hall–Kier alpha value is -2.93. The summed E-state index contributed by atoms with van der Waals surface area (Å²) in [5.74, 6) is -1.92. The van der Waals surface area contributed by atoms with Crippen molar-refractivity contribution >= 4 is 29.0 Å².